The van der Waals surface area contributed by atoms with Crippen LogP contribution in [-0.4, -0.2) is 21.8 Å². The van der Waals surface area contributed by atoms with Crippen LogP contribution < -0.4 is 5.32 Å². The number of anilines is 1. The molecule has 1 amide bonds. The zero-order valence-corrected chi connectivity index (χ0v) is 11.4. The van der Waals surface area contributed by atoms with Crippen molar-refractivity contribution in [3.05, 3.63) is 58.9 Å². The topological polar surface area (TPSA) is 74.6 Å². The van der Waals surface area contributed by atoms with E-state index in [-0.39, 0.29) is 11.6 Å². The minimum absolute atomic E-state index is 0.271. The van der Waals surface area contributed by atoms with Gasteiger partial charge in [0.05, 0.1) is 10.7 Å². The van der Waals surface area contributed by atoms with Crippen LogP contribution >= 0.6 is 11.6 Å². The molecule has 1 heterocycles. The molecule has 2 rings (SSSR count). The molecule has 0 fully saturated rings. The second kappa shape index (κ2) is 6.16. The lowest BCUT2D eigenvalue weighted by atomic mass is 10.1. The van der Waals surface area contributed by atoms with Crippen molar-refractivity contribution < 1.29 is 10.0 Å². The van der Waals surface area contributed by atoms with Gasteiger partial charge < -0.3 is 10.5 Å². The molecule has 5 nitrogen and oxygen atoms in total. The van der Waals surface area contributed by atoms with Crippen molar-refractivity contribution in [2.75, 3.05) is 5.32 Å². The Morgan fingerprint density at radius 3 is 2.80 bits per heavy atom. The van der Waals surface area contributed by atoms with E-state index >= 15 is 0 Å². The predicted octanol–water partition coefficient (Wildman–Crippen LogP) is 3.19. The summed E-state index contributed by atoms with van der Waals surface area (Å²) >= 11 is 5.72. The molecular formula is C14H12ClN3O2. The highest BCUT2D eigenvalue weighted by Gasteiger charge is 2.08. The standard InChI is InChI=1S/C14H12ClN3O2/c1-9(18-20)10-3-2-4-12(7-10)17-14(19)13-6-5-11(15)8-16-13/h2-8,20H,1H3,(H,17,19). The summed E-state index contributed by atoms with van der Waals surface area (Å²) in [6.45, 7) is 1.67. The quantitative estimate of drug-likeness (QED) is 0.518. The van der Waals surface area contributed by atoms with Gasteiger partial charge in [-0.05, 0) is 31.2 Å². The first-order valence-electron chi connectivity index (χ1n) is 5.82. The van der Waals surface area contributed by atoms with Crippen molar-refractivity contribution >= 4 is 28.9 Å². The number of nitrogens with one attached hydrogen (secondary N) is 1. The van der Waals surface area contributed by atoms with Gasteiger partial charge in [-0.3, -0.25) is 4.79 Å². The Bertz CT molecular complexity index is 654. The molecule has 1 aromatic heterocycles. The van der Waals surface area contributed by atoms with Gasteiger partial charge in [-0.15, -0.1) is 0 Å². The molecule has 0 saturated heterocycles. The molecule has 0 aliphatic carbocycles. The fraction of sp³-hybridized carbons (Fsp3) is 0.0714. The van der Waals surface area contributed by atoms with E-state index in [1.807, 2.05) is 0 Å². The maximum absolute atomic E-state index is 12.0. The van der Waals surface area contributed by atoms with Crippen LogP contribution in [0.3, 0.4) is 0 Å². The van der Waals surface area contributed by atoms with Crippen LogP contribution in [0.4, 0.5) is 5.69 Å². The summed E-state index contributed by atoms with van der Waals surface area (Å²) in [5.74, 6) is -0.336. The molecule has 0 aliphatic rings. The number of carbonyl (C=O) groups excluding carboxylic acids is 1. The first-order valence-corrected chi connectivity index (χ1v) is 6.20. The summed E-state index contributed by atoms with van der Waals surface area (Å²) in [5, 5.41) is 15.1. The van der Waals surface area contributed by atoms with E-state index in [0.717, 1.165) is 5.56 Å². The van der Waals surface area contributed by atoms with Gasteiger partial charge in [0, 0.05) is 17.4 Å². The number of aromatic nitrogens is 1. The lowest BCUT2D eigenvalue weighted by molar-refractivity contribution is 0.102. The fourth-order valence-electron chi connectivity index (χ4n) is 1.58. The van der Waals surface area contributed by atoms with E-state index in [4.69, 9.17) is 16.8 Å². The summed E-state index contributed by atoms with van der Waals surface area (Å²) < 4.78 is 0. The third-order valence-electron chi connectivity index (χ3n) is 2.65. The number of hydrogen-bond acceptors (Lipinski definition) is 4. The van der Waals surface area contributed by atoms with Crippen LogP contribution in [0.15, 0.2) is 47.8 Å². The molecule has 2 N–H and O–H groups in total. The number of halogens is 1. The van der Waals surface area contributed by atoms with Gasteiger partial charge in [-0.25, -0.2) is 4.98 Å². The number of nitrogens with zero attached hydrogens (tertiary/aromatic N) is 2. The zero-order chi connectivity index (χ0) is 14.5. The Morgan fingerprint density at radius 1 is 1.35 bits per heavy atom. The molecular weight excluding hydrogens is 278 g/mol. The lowest BCUT2D eigenvalue weighted by Crippen LogP contribution is -2.13. The van der Waals surface area contributed by atoms with Crippen LogP contribution in [0.1, 0.15) is 23.0 Å². The fourth-order valence-corrected chi connectivity index (χ4v) is 1.70. The Labute approximate surface area is 120 Å². The number of carbonyl (C=O) groups is 1. The predicted molar refractivity (Wildman–Crippen MR) is 77.6 cm³/mol. The number of hydrogen-bond donors (Lipinski definition) is 2. The monoisotopic (exact) mass is 289 g/mol. The maximum Gasteiger partial charge on any atom is 0.274 e. The van der Waals surface area contributed by atoms with Crippen molar-refractivity contribution in [1.82, 2.24) is 4.98 Å². The molecule has 0 bridgehead atoms. The van der Waals surface area contributed by atoms with E-state index in [1.54, 1.807) is 43.3 Å². The van der Waals surface area contributed by atoms with Gasteiger partial charge in [0.15, 0.2) is 0 Å². The third-order valence-corrected chi connectivity index (χ3v) is 2.87. The summed E-state index contributed by atoms with van der Waals surface area (Å²) in [4.78, 5) is 15.9. The van der Waals surface area contributed by atoms with Crippen molar-refractivity contribution in [2.45, 2.75) is 6.92 Å². The van der Waals surface area contributed by atoms with E-state index in [1.165, 1.54) is 6.20 Å². The normalized spacial score (nSPS) is 11.2. The van der Waals surface area contributed by atoms with Crippen molar-refractivity contribution in [1.29, 1.82) is 0 Å². The van der Waals surface area contributed by atoms with E-state index < -0.39 is 0 Å². The van der Waals surface area contributed by atoms with Crippen LogP contribution in [0, 0.1) is 0 Å². The molecule has 0 saturated carbocycles. The second-order valence-corrected chi connectivity index (χ2v) is 4.52. The Kier molecular flexibility index (Phi) is 4.32. The van der Waals surface area contributed by atoms with E-state index in [9.17, 15) is 4.79 Å². The average molecular weight is 290 g/mol. The molecule has 102 valence electrons. The van der Waals surface area contributed by atoms with Crippen molar-refractivity contribution in [2.24, 2.45) is 5.16 Å². The average Bonchev–Trinajstić information content (AvgIpc) is 2.47. The molecule has 6 heteroatoms. The summed E-state index contributed by atoms with van der Waals surface area (Å²) in [6, 6.07) is 10.1. The van der Waals surface area contributed by atoms with Gasteiger partial charge in [0.1, 0.15) is 5.69 Å². The Hall–Kier alpha value is -2.40. The second-order valence-electron chi connectivity index (χ2n) is 4.08. The van der Waals surface area contributed by atoms with E-state index in [2.05, 4.69) is 15.5 Å². The zero-order valence-electron chi connectivity index (χ0n) is 10.7. The minimum Gasteiger partial charge on any atom is -0.411 e. The van der Waals surface area contributed by atoms with Crippen LogP contribution in [0.2, 0.25) is 5.02 Å². The maximum atomic E-state index is 12.0. The molecule has 0 spiro atoms. The van der Waals surface area contributed by atoms with Crippen molar-refractivity contribution in [3.8, 4) is 0 Å². The van der Waals surface area contributed by atoms with Crippen LogP contribution in [0.5, 0.6) is 0 Å². The first kappa shape index (κ1) is 14.0. The van der Waals surface area contributed by atoms with Gasteiger partial charge >= 0.3 is 0 Å². The highest BCUT2D eigenvalue weighted by molar-refractivity contribution is 6.30. The molecule has 1 aromatic carbocycles. The van der Waals surface area contributed by atoms with Gasteiger partial charge in [0.2, 0.25) is 0 Å². The number of oxime groups is 1. The van der Waals surface area contributed by atoms with E-state index in [0.29, 0.717) is 16.4 Å². The number of rotatable bonds is 3. The van der Waals surface area contributed by atoms with Gasteiger partial charge in [-0.1, -0.05) is 28.9 Å². The van der Waals surface area contributed by atoms with Crippen LogP contribution in [0.25, 0.3) is 0 Å². The van der Waals surface area contributed by atoms with Gasteiger partial charge in [-0.2, -0.15) is 0 Å². The SMILES string of the molecule is CC(=NO)c1cccc(NC(=O)c2ccc(Cl)cn2)c1. The summed E-state index contributed by atoms with van der Waals surface area (Å²) in [5.41, 5.74) is 2.04. The molecule has 0 aliphatic heterocycles. The Balaban J connectivity index is 2.17. The largest absolute Gasteiger partial charge is 0.411 e. The highest BCUT2D eigenvalue weighted by atomic mass is 35.5. The molecule has 0 radical (unpaired) electrons. The molecule has 0 unspecified atom stereocenters. The lowest BCUT2D eigenvalue weighted by Gasteiger charge is -2.06. The number of amides is 1. The highest BCUT2D eigenvalue weighted by Crippen LogP contribution is 2.13. The van der Waals surface area contributed by atoms with Crippen LogP contribution in [-0.2, 0) is 0 Å². The molecule has 2 aromatic rings. The summed E-state index contributed by atoms with van der Waals surface area (Å²) in [7, 11) is 0. The van der Waals surface area contributed by atoms with Crippen molar-refractivity contribution in [3.63, 3.8) is 0 Å². The number of benzene rings is 1. The first-order chi connectivity index (χ1) is 9.60. The third kappa shape index (κ3) is 3.33. The summed E-state index contributed by atoms with van der Waals surface area (Å²) in [6.07, 6.45) is 1.41. The molecule has 20 heavy (non-hydrogen) atoms. The number of pyridine rings is 1. The Morgan fingerprint density at radius 2 is 2.15 bits per heavy atom. The van der Waals surface area contributed by atoms with Gasteiger partial charge in [0.25, 0.3) is 5.91 Å². The molecule has 0 atom stereocenters. The minimum atomic E-state index is -0.336. The smallest absolute Gasteiger partial charge is 0.274 e.